The van der Waals surface area contributed by atoms with E-state index in [1.54, 1.807) is 6.08 Å². The summed E-state index contributed by atoms with van der Waals surface area (Å²) in [4.78, 5) is 0. The van der Waals surface area contributed by atoms with Crippen molar-refractivity contribution in [3.8, 4) is 11.8 Å². The highest BCUT2D eigenvalue weighted by molar-refractivity contribution is 6.99. The van der Waals surface area contributed by atoms with Gasteiger partial charge in [-0.15, -0.1) is 6.58 Å². The van der Waals surface area contributed by atoms with Gasteiger partial charge in [-0.2, -0.15) is 0 Å². The van der Waals surface area contributed by atoms with E-state index < -0.39 is 14.4 Å². The van der Waals surface area contributed by atoms with Crippen LogP contribution in [0.1, 0.15) is 26.3 Å². The molecule has 1 N–H and O–H groups in total. The van der Waals surface area contributed by atoms with Crippen molar-refractivity contribution in [1.82, 2.24) is 0 Å². The van der Waals surface area contributed by atoms with Gasteiger partial charge in [-0.25, -0.2) is 0 Å². The van der Waals surface area contributed by atoms with Crippen LogP contribution in [-0.4, -0.2) is 26.1 Å². The zero-order valence-electron chi connectivity index (χ0n) is 19.2. The van der Waals surface area contributed by atoms with E-state index in [2.05, 4.69) is 87.7 Å². The number of aliphatic hydroxyl groups excluding tert-OH is 1. The molecule has 0 bridgehead atoms. The molecule has 0 aliphatic heterocycles. The summed E-state index contributed by atoms with van der Waals surface area (Å²) >= 11 is 0. The second-order valence-electron chi connectivity index (χ2n) is 8.94. The van der Waals surface area contributed by atoms with E-state index >= 15 is 0 Å². The molecule has 2 nitrogen and oxygen atoms in total. The zero-order chi connectivity index (χ0) is 23.0. The van der Waals surface area contributed by atoms with Crippen molar-refractivity contribution in [2.24, 2.45) is 5.92 Å². The molecule has 0 unspecified atom stereocenters. The van der Waals surface area contributed by atoms with Crippen molar-refractivity contribution in [2.45, 2.75) is 31.9 Å². The Bertz CT molecular complexity index is 1000. The Labute approximate surface area is 193 Å². The zero-order valence-corrected chi connectivity index (χ0v) is 20.2. The number of aliphatic hydroxyl groups is 1. The van der Waals surface area contributed by atoms with Crippen LogP contribution in [-0.2, 0) is 4.43 Å². The van der Waals surface area contributed by atoms with Gasteiger partial charge in [0, 0.05) is 5.56 Å². The van der Waals surface area contributed by atoms with Crippen molar-refractivity contribution < 1.29 is 9.53 Å². The van der Waals surface area contributed by atoms with Crippen LogP contribution in [0, 0.1) is 17.8 Å². The fourth-order valence-corrected chi connectivity index (χ4v) is 8.65. The van der Waals surface area contributed by atoms with E-state index in [0.29, 0.717) is 0 Å². The van der Waals surface area contributed by atoms with E-state index in [4.69, 9.17) is 4.43 Å². The molecule has 164 valence electrons. The third kappa shape index (κ3) is 5.28. The minimum Gasteiger partial charge on any atom is -0.405 e. The third-order valence-corrected chi connectivity index (χ3v) is 10.7. The monoisotopic (exact) mass is 440 g/mol. The number of hydrogen-bond donors (Lipinski definition) is 1. The molecule has 2 atom stereocenters. The standard InChI is InChI=1S/C29H32O2Si/c1-5-25(22-21-24-15-9-6-10-16-24)28(30)23-31-32(29(2,3)4,26-17-11-7-12-18-26)27-19-13-8-14-20-27/h5-20,25,28,30H,1,23H2,2-4H3/t25-,28-/m0/s1. The molecule has 0 amide bonds. The molecule has 0 radical (unpaired) electrons. The molecule has 3 aromatic carbocycles. The van der Waals surface area contributed by atoms with Gasteiger partial charge in [0.05, 0.1) is 18.6 Å². The van der Waals surface area contributed by atoms with Crippen LogP contribution < -0.4 is 10.4 Å². The van der Waals surface area contributed by atoms with E-state index in [1.165, 1.54) is 10.4 Å². The summed E-state index contributed by atoms with van der Waals surface area (Å²) in [5.41, 5.74) is 0.916. The second-order valence-corrected chi connectivity index (χ2v) is 13.2. The topological polar surface area (TPSA) is 29.5 Å². The molecule has 3 heteroatoms. The average Bonchev–Trinajstić information content (AvgIpc) is 2.81. The van der Waals surface area contributed by atoms with Crippen LogP contribution in [0.15, 0.2) is 104 Å². The largest absolute Gasteiger partial charge is 0.405 e. The van der Waals surface area contributed by atoms with Crippen molar-refractivity contribution in [3.63, 3.8) is 0 Å². The van der Waals surface area contributed by atoms with Gasteiger partial charge in [0.15, 0.2) is 0 Å². The van der Waals surface area contributed by atoms with Gasteiger partial charge in [-0.05, 0) is 27.5 Å². The predicted octanol–water partition coefficient (Wildman–Crippen LogP) is 4.78. The Balaban J connectivity index is 1.93. The minimum absolute atomic E-state index is 0.144. The van der Waals surface area contributed by atoms with Gasteiger partial charge >= 0.3 is 0 Å². The maximum atomic E-state index is 11.0. The summed E-state index contributed by atoms with van der Waals surface area (Å²) in [6, 6.07) is 30.7. The lowest BCUT2D eigenvalue weighted by molar-refractivity contribution is 0.0856. The maximum Gasteiger partial charge on any atom is 0.261 e. The van der Waals surface area contributed by atoms with E-state index in [-0.39, 0.29) is 17.6 Å². The molecule has 0 heterocycles. The molecule has 0 aliphatic carbocycles. The molecular weight excluding hydrogens is 408 g/mol. The summed E-state index contributed by atoms with van der Waals surface area (Å²) in [5.74, 6) is 5.92. The summed E-state index contributed by atoms with van der Waals surface area (Å²) in [6.07, 6.45) is 0.931. The van der Waals surface area contributed by atoms with Gasteiger partial charge in [0.2, 0.25) is 0 Å². The van der Waals surface area contributed by atoms with Crippen LogP contribution in [0.4, 0.5) is 0 Å². The molecule has 0 saturated heterocycles. The lowest BCUT2D eigenvalue weighted by atomic mass is 10.0. The van der Waals surface area contributed by atoms with Crippen LogP contribution >= 0.6 is 0 Å². The molecular formula is C29H32O2Si. The highest BCUT2D eigenvalue weighted by atomic mass is 28.4. The van der Waals surface area contributed by atoms with Gasteiger partial charge in [0.25, 0.3) is 8.32 Å². The van der Waals surface area contributed by atoms with Gasteiger partial charge in [-0.1, -0.05) is 118 Å². The molecule has 0 aromatic heterocycles. The first-order valence-electron chi connectivity index (χ1n) is 11.0. The first-order valence-corrected chi connectivity index (χ1v) is 12.9. The van der Waals surface area contributed by atoms with Gasteiger partial charge in [-0.3, -0.25) is 0 Å². The fourth-order valence-electron chi connectivity index (χ4n) is 4.08. The molecule has 0 fully saturated rings. The lowest BCUT2D eigenvalue weighted by Crippen LogP contribution is -2.67. The predicted molar refractivity (Wildman–Crippen MR) is 137 cm³/mol. The third-order valence-electron chi connectivity index (χ3n) is 5.71. The second kappa shape index (κ2) is 10.6. The molecule has 0 saturated carbocycles. The number of hydrogen-bond acceptors (Lipinski definition) is 2. The van der Waals surface area contributed by atoms with Crippen molar-refractivity contribution in [3.05, 3.63) is 109 Å². The Kier molecular flexibility index (Phi) is 7.88. The molecule has 32 heavy (non-hydrogen) atoms. The Morgan fingerprint density at radius 1 is 0.875 bits per heavy atom. The lowest BCUT2D eigenvalue weighted by Gasteiger charge is -2.43. The summed E-state index contributed by atoms with van der Waals surface area (Å²) in [7, 11) is -2.70. The van der Waals surface area contributed by atoms with E-state index in [0.717, 1.165) is 5.56 Å². The normalized spacial score (nSPS) is 13.5. The van der Waals surface area contributed by atoms with E-state index in [9.17, 15) is 5.11 Å². The average molecular weight is 441 g/mol. The van der Waals surface area contributed by atoms with Crippen LogP contribution in [0.25, 0.3) is 0 Å². The number of rotatable bonds is 7. The smallest absolute Gasteiger partial charge is 0.261 e. The van der Waals surface area contributed by atoms with Crippen molar-refractivity contribution in [2.75, 3.05) is 6.61 Å². The first-order chi connectivity index (χ1) is 15.4. The van der Waals surface area contributed by atoms with Crippen LogP contribution in [0.3, 0.4) is 0 Å². The maximum absolute atomic E-state index is 11.0. The van der Waals surface area contributed by atoms with Crippen LogP contribution in [0.2, 0.25) is 5.04 Å². The van der Waals surface area contributed by atoms with Crippen molar-refractivity contribution in [1.29, 1.82) is 0 Å². The SMILES string of the molecule is C=C[C@@H](C#Cc1ccccc1)[C@@H](O)CO[Si](c1ccccc1)(c1ccccc1)C(C)(C)C. The van der Waals surface area contributed by atoms with Gasteiger partial charge in [0.1, 0.15) is 0 Å². The minimum atomic E-state index is -2.70. The highest BCUT2D eigenvalue weighted by Crippen LogP contribution is 2.37. The van der Waals surface area contributed by atoms with Crippen LogP contribution in [0.5, 0.6) is 0 Å². The first kappa shape index (κ1) is 23.8. The Morgan fingerprint density at radius 2 is 1.34 bits per heavy atom. The highest BCUT2D eigenvalue weighted by Gasteiger charge is 2.50. The van der Waals surface area contributed by atoms with Gasteiger partial charge < -0.3 is 9.53 Å². The summed E-state index contributed by atoms with van der Waals surface area (Å²) < 4.78 is 6.84. The quantitative estimate of drug-likeness (QED) is 0.326. The molecule has 0 spiro atoms. The van der Waals surface area contributed by atoms with Crippen molar-refractivity contribution >= 4 is 18.7 Å². The van der Waals surface area contributed by atoms with E-state index in [1.807, 2.05) is 42.5 Å². The molecule has 0 aliphatic rings. The molecule has 3 rings (SSSR count). The summed E-state index contributed by atoms with van der Waals surface area (Å²) in [6.45, 7) is 10.8. The Hall–Kier alpha value is -2.90. The molecule has 3 aromatic rings. The summed E-state index contributed by atoms with van der Waals surface area (Å²) in [5, 5.41) is 13.3. The fraction of sp³-hybridized carbons (Fsp3) is 0.241. The Morgan fingerprint density at radius 3 is 1.78 bits per heavy atom. The number of benzene rings is 3.